The molecule has 1 aliphatic heterocycles. The van der Waals surface area contributed by atoms with Crippen LogP contribution in [0, 0.1) is 5.92 Å². The van der Waals surface area contributed by atoms with Gasteiger partial charge in [-0.3, -0.25) is 4.79 Å². The zero-order chi connectivity index (χ0) is 13.0. The molecular formula is C14H19BrN2O. The largest absolute Gasteiger partial charge is 0.338 e. The van der Waals surface area contributed by atoms with Gasteiger partial charge in [-0.05, 0) is 59.8 Å². The van der Waals surface area contributed by atoms with Crippen LogP contribution in [0.25, 0.3) is 0 Å². The second-order valence-electron chi connectivity index (χ2n) is 4.82. The lowest BCUT2D eigenvalue weighted by molar-refractivity contribution is 0.0668. The number of hydrogen-bond acceptors (Lipinski definition) is 2. The van der Waals surface area contributed by atoms with Crippen LogP contribution in [-0.4, -0.2) is 30.4 Å². The predicted octanol–water partition coefficient (Wildman–Crippen LogP) is 2.65. The molecule has 1 aliphatic rings. The zero-order valence-electron chi connectivity index (χ0n) is 10.4. The number of hydrogen-bond donors (Lipinski definition) is 1. The molecule has 1 atom stereocenters. The highest BCUT2D eigenvalue weighted by Crippen LogP contribution is 2.23. The fraction of sp³-hybridized carbons (Fsp3) is 0.500. The van der Waals surface area contributed by atoms with Crippen LogP contribution in [-0.2, 0) is 0 Å². The van der Waals surface area contributed by atoms with E-state index in [-0.39, 0.29) is 5.91 Å². The van der Waals surface area contributed by atoms with Crippen molar-refractivity contribution >= 4 is 21.8 Å². The monoisotopic (exact) mass is 310 g/mol. The SMILES string of the molecule is NCCC1CCCN(C(=O)c2ccccc2Br)C1. The molecule has 1 aromatic carbocycles. The Morgan fingerprint density at radius 2 is 2.22 bits per heavy atom. The van der Waals surface area contributed by atoms with Crippen molar-refractivity contribution < 1.29 is 4.79 Å². The molecule has 98 valence electrons. The van der Waals surface area contributed by atoms with Crippen molar-refractivity contribution in [1.82, 2.24) is 4.90 Å². The Bertz CT molecular complexity index is 420. The van der Waals surface area contributed by atoms with Gasteiger partial charge < -0.3 is 10.6 Å². The number of carbonyl (C=O) groups excluding carboxylic acids is 1. The third-order valence-electron chi connectivity index (χ3n) is 3.49. The first-order chi connectivity index (χ1) is 8.72. The number of nitrogens with zero attached hydrogens (tertiary/aromatic N) is 1. The van der Waals surface area contributed by atoms with Crippen LogP contribution in [0.2, 0.25) is 0 Å². The van der Waals surface area contributed by atoms with E-state index >= 15 is 0 Å². The minimum Gasteiger partial charge on any atom is -0.338 e. The van der Waals surface area contributed by atoms with E-state index in [9.17, 15) is 4.79 Å². The fourth-order valence-corrected chi connectivity index (χ4v) is 2.98. The van der Waals surface area contributed by atoms with E-state index < -0.39 is 0 Å². The molecule has 2 rings (SSSR count). The molecule has 0 bridgehead atoms. The summed E-state index contributed by atoms with van der Waals surface area (Å²) < 4.78 is 0.871. The van der Waals surface area contributed by atoms with E-state index in [1.54, 1.807) is 0 Å². The van der Waals surface area contributed by atoms with Crippen molar-refractivity contribution in [2.24, 2.45) is 11.7 Å². The van der Waals surface area contributed by atoms with E-state index in [1.807, 2.05) is 29.2 Å². The quantitative estimate of drug-likeness (QED) is 0.933. The van der Waals surface area contributed by atoms with Gasteiger partial charge in [0.2, 0.25) is 0 Å². The van der Waals surface area contributed by atoms with Gasteiger partial charge in [0.25, 0.3) is 5.91 Å². The number of carbonyl (C=O) groups is 1. The Hall–Kier alpha value is -0.870. The predicted molar refractivity (Wildman–Crippen MR) is 76.4 cm³/mol. The van der Waals surface area contributed by atoms with Crippen LogP contribution >= 0.6 is 15.9 Å². The molecule has 1 unspecified atom stereocenters. The minimum absolute atomic E-state index is 0.129. The van der Waals surface area contributed by atoms with E-state index in [2.05, 4.69) is 15.9 Å². The molecule has 1 aromatic rings. The van der Waals surface area contributed by atoms with Gasteiger partial charge in [0.1, 0.15) is 0 Å². The van der Waals surface area contributed by atoms with Crippen LogP contribution < -0.4 is 5.73 Å². The molecule has 18 heavy (non-hydrogen) atoms. The first-order valence-corrected chi connectivity index (χ1v) is 7.25. The Balaban J connectivity index is 2.07. The lowest BCUT2D eigenvalue weighted by Crippen LogP contribution is -2.40. The molecule has 0 aliphatic carbocycles. The number of piperidine rings is 1. The van der Waals surface area contributed by atoms with Crippen LogP contribution in [0.5, 0.6) is 0 Å². The molecule has 0 spiro atoms. The lowest BCUT2D eigenvalue weighted by Gasteiger charge is -2.33. The van der Waals surface area contributed by atoms with E-state index in [4.69, 9.17) is 5.73 Å². The maximum absolute atomic E-state index is 12.4. The minimum atomic E-state index is 0.129. The summed E-state index contributed by atoms with van der Waals surface area (Å²) >= 11 is 3.44. The normalized spacial score (nSPS) is 19.9. The molecule has 2 N–H and O–H groups in total. The molecule has 1 saturated heterocycles. The van der Waals surface area contributed by atoms with Gasteiger partial charge >= 0.3 is 0 Å². The van der Waals surface area contributed by atoms with Gasteiger partial charge in [-0.15, -0.1) is 0 Å². The number of benzene rings is 1. The fourth-order valence-electron chi connectivity index (χ4n) is 2.53. The molecule has 0 saturated carbocycles. The van der Waals surface area contributed by atoms with Crippen molar-refractivity contribution in [3.8, 4) is 0 Å². The summed E-state index contributed by atoms with van der Waals surface area (Å²) in [4.78, 5) is 14.4. The van der Waals surface area contributed by atoms with Crippen molar-refractivity contribution in [2.75, 3.05) is 19.6 Å². The summed E-state index contributed by atoms with van der Waals surface area (Å²) in [6, 6.07) is 7.61. The lowest BCUT2D eigenvalue weighted by atomic mass is 9.94. The zero-order valence-corrected chi connectivity index (χ0v) is 12.0. The third-order valence-corrected chi connectivity index (χ3v) is 4.18. The second kappa shape index (κ2) is 6.34. The Morgan fingerprint density at radius 1 is 1.44 bits per heavy atom. The first-order valence-electron chi connectivity index (χ1n) is 6.46. The van der Waals surface area contributed by atoms with Gasteiger partial charge in [0, 0.05) is 17.6 Å². The molecule has 3 nitrogen and oxygen atoms in total. The van der Waals surface area contributed by atoms with Gasteiger partial charge in [-0.1, -0.05) is 12.1 Å². The van der Waals surface area contributed by atoms with Crippen molar-refractivity contribution in [1.29, 1.82) is 0 Å². The number of nitrogens with two attached hydrogens (primary N) is 1. The summed E-state index contributed by atoms with van der Waals surface area (Å²) in [5.74, 6) is 0.694. The molecule has 1 fully saturated rings. The molecule has 0 radical (unpaired) electrons. The van der Waals surface area contributed by atoms with Crippen LogP contribution in [0.15, 0.2) is 28.7 Å². The standard InChI is InChI=1S/C14H19BrN2O/c15-13-6-2-1-5-12(13)14(18)17-9-3-4-11(10-17)7-8-16/h1-2,5-6,11H,3-4,7-10,16H2. The molecule has 0 aromatic heterocycles. The highest BCUT2D eigenvalue weighted by atomic mass is 79.9. The summed E-state index contributed by atoms with van der Waals surface area (Å²) in [7, 11) is 0. The van der Waals surface area contributed by atoms with Crippen molar-refractivity contribution in [3.05, 3.63) is 34.3 Å². The molecule has 4 heteroatoms. The number of halogens is 1. The smallest absolute Gasteiger partial charge is 0.255 e. The highest BCUT2D eigenvalue weighted by molar-refractivity contribution is 9.10. The first kappa shape index (κ1) is 13.6. The van der Waals surface area contributed by atoms with Gasteiger partial charge in [0.05, 0.1) is 5.56 Å². The van der Waals surface area contributed by atoms with Crippen molar-refractivity contribution in [2.45, 2.75) is 19.3 Å². The van der Waals surface area contributed by atoms with Crippen LogP contribution in [0.4, 0.5) is 0 Å². The summed E-state index contributed by atoms with van der Waals surface area (Å²) in [5, 5.41) is 0. The number of rotatable bonds is 3. The Morgan fingerprint density at radius 3 is 2.94 bits per heavy atom. The highest BCUT2D eigenvalue weighted by Gasteiger charge is 2.24. The van der Waals surface area contributed by atoms with Gasteiger partial charge in [0.15, 0.2) is 0 Å². The number of likely N-dealkylation sites (tertiary alicyclic amines) is 1. The maximum Gasteiger partial charge on any atom is 0.255 e. The average molecular weight is 311 g/mol. The molecule has 1 heterocycles. The topological polar surface area (TPSA) is 46.3 Å². The van der Waals surface area contributed by atoms with Crippen LogP contribution in [0.3, 0.4) is 0 Å². The third kappa shape index (κ3) is 3.12. The average Bonchev–Trinajstić information content (AvgIpc) is 2.39. The molecular weight excluding hydrogens is 292 g/mol. The summed E-state index contributed by atoms with van der Waals surface area (Å²) in [5.41, 5.74) is 6.36. The summed E-state index contributed by atoms with van der Waals surface area (Å²) in [6.07, 6.45) is 3.29. The van der Waals surface area contributed by atoms with Gasteiger partial charge in [-0.25, -0.2) is 0 Å². The van der Waals surface area contributed by atoms with Crippen molar-refractivity contribution in [3.63, 3.8) is 0 Å². The Labute approximate surface area is 116 Å². The van der Waals surface area contributed by atoms with E-state index in [0.29, 0.717) is 12.5 Å². The van der Waals surface area contributed by atoms with E-state index in [1.165, 1.54) is 6.42 Å². The van der Waals surface area contributed by atoms with E-state index in [0.717, 1.165) is 36.0 Å². The Kier molecular flexibility index (Phi) is 4.78. The molecule has 1 amide bonds. The summed E-state index contributed by atoms with van der Waals surface area (Å²) in [6.45, 7) is 2.42. The number of amides is 1. The maximum atomic E-state index is 12.4. The van der Waals surface area contributed by atoms with Crippen LogP contribution in [0.1, 0.15) is 29.6 Å². The van der Waals surface area contributed by atoms with Gasteiger partial charge in [-0.2, -0.15) is 0 Å². The second-order valence-corrected chi connectivity index (χ2v) is 5.67.